The molecule has 1 heterocycles. The van der Waals surface area contributed by atoms with Crippen LogP contribution in [0.15, 0.2) is 79.0 Å². The van der Waals surface area contributed by atoms with Crippen molar-refractivity contribution in [1.29, 1.82) is 0 Å². The molecular formula is C33H36N2O6S3. The highest BCUT2D eigenvalue weighted by atomic mass is 32.2. The summed E-state index contributed by atoms with van der Waals surface area (Å²) >= 11 is 3.40. The van der Waals surface area contributed by atoms with Crippen LogP contribution >= 0.6 is 23.1 Å². The molecule has 3 aromatic carbocycles. The number of carboxylic acids is 1. The standard InChI is InChI=1S/C33H36N2O6S3/c1-4-42-21-29(30-19-34-32(43-30)24-11-6-5-7-12-24)41-20-23-14-15-26(27(18-23)25-13-9-8-10-22(25)2)31(36)35-28(33(37)38)16-17-44(3,39)40/h5-15,18-19,28-29H,4,16-17,20-21H2,1-3H3,(H,35,36)(H,37,38)/t28-,29+/m0/s1. The lowest BCUT2D eigenvalue weighted by Crippen LogP contribution is -2.42. The molecule has 0 spiro atoms. The Labute approximate surface area is 266 Å². The number of aromatic nitrogens is 1. The second-order valence-corrected chi connectivity index (χ2v) is 15.0. The third-order valence-electron chi connectivity index (χ3n) is 6.93. The molecule has 0 radical (unpaired) electrons. The largest absolute Gasteiger partial charge is 0.480 e. The predicted octanol–water partition coefficient (Wildman–Crippen LogP) is 6.41. The number of hydrogen-bond acceptors (Lipinski definition) is 8. The highest BCUT2D eigenvalue weighted by molar-refractivity contribution is 7.99. The molecule has 232 valence electrons. The van der Waals surface area contributed by atoms with Crippen LogP contribution in [0.2, 0.25) is 0 Å². The van der Waals surface area contributed by atoms with Crippen LogP contribution in [0.25, 0.3) is 21.7 Å². The van der Waals surface area contributed by atoms with Gasteiger partial charge in [-0.05, 0) is 53.5 Å². The highest BCUT2D eigenvalue weighted by Gasteiger charge is 2.25. The quantitative estimate of drug-likeness (QED) is 0.151. The number of nitrogens with zero attached hydrogens (tertiary/aromatic N) is 1. The zero-order valence-corrected chi connectivity index (χ0v) is 27.3. The first-order chi connectivity index (χ1) is 21.1. The van der Waals surface area contributed by atoms with Crippen LogP contribution in [-0.4, -0.2) is 59.9 Å². The number of carbonyl (C=O) groups is 2. The summed E-state index contributed by atoms with van der Waals surface area (Å²) in [5.41, 5.74) is 4.62. The molecule has 44 heavy (non-hydrogen) atoms. The van der Waals surface area contributed by atoms with E-state index in [1.54, 1.807) is 35.2 Å². The van der Waals surface area contributed by atoms with Crippen molar-refractivity contribution in [3.63, 3.8) is 0 Å². The average molecular weight is 653 g/mol. The van der Waals surface area contributed by atoms with Gasteiger partial charge in [0, 0.05) is 29.3 Å². The lowest BCUT2D eigenvalue weighted by atomic mass is 9.93. The Balaban J connectivity index is 1.59. The molecule has 11 heteroatoms. The van der Waals surface area contributed by atoms with Gasteiger partial charge < -0.3 is 15.2 Å². The number of amides is 1. The van der Waals surface area contributed by atoms with E-state index in [1.165, 1.54) is 0 Å². The number of sulfone groups is 1. The number of carboxylic acid groups (broad SMARTS) is 1. The molecule has 8 nitrogen and oxygen atoms in total. The molecule has 0 bridgehead atoms. The van der Waals surface area contributed by atoms with E-state index in [2.05, 4.69) is 17.2 Å². The number of ether oxygens (including phenoxy) is 1. The molecule has 0 unspecified atom stereocenters. The van der Waals surface area contributed by atoms with Crippen LogP contribution < -0.4 is 5.32 Å². The second-order valence-electron chi connectivity index (χ2n) is 10.4. The molecule has 0 saturated heterocycles. The summed E-state index contributed by atoms with van der Waals surface area (Å²) in [4.78, 5) is 30.9. The number of hydrogen-bond donors (Lipinski definition) is 2. The molecule has 0 aliphatic heterocycles. The minimum atomic E-state index is -3.40. The average Bonchev–Trinajstić information content (AvgIpc) is 3.49. The molecule has 1 amide bonds. The number of thioether (sulfide) groups is 1. The topological polar surface area (TPSA) is 123 Å². The third kappa shape index (κ3) is 9.25. The Morgan fingerprint density at radius 2 is 1.77 bits per heavy atom. The Bertz CT molecular complexity index is 1690. The van der Waals surface area contributed by atoms with E-state index in [4.69, 9.17) is 4.74 Å². The van der Waals surface area contributed by atoms with Crippen molar-refractivity contribution < 1.29 is 27.9 Å². The molecule has 2 atom stereocenters. The fraction of sp³-hybridized carbons (Fsp3) is 0.303. The smallest absolute Gasteiger partial charge is 0.326 e. The van der Waals surface area contributed by atoms with E-state index in [-0.39, 0.29) is 18.3 Å². The zero-order valence-electron chi connectivity index (χ0n) is 24.9. The monoisotopic (exact) mass is 652 g/mol. The molecule has 0 aliphatic rings. The van der Waals surface area contributed by atoms with Crippen LogP contribution in [0.1, 0.15) is 45.8 Å². The number of rotatable bonds is 15. The summed E-state index contributed by atoms with van der Waals surface area (Å²) in [6.45, 7) is 4.34. The normalized spacial score (nSPS) is 12.9. The van der Waals surface area contributed by atoms with Gasteiger partial charge in [-0.3, -0.25) is 4.79 Å². The third-order valence-corrected chi connectivity index (χ3v) is 9.99. The van der Waals surface area contributed by atoms with Crippen molar-refractivity contribution in [2.24, 2.45) is 0 Å². The number of benzene rings is 3. The van der Waals surface area contributed by atoms with Gasteiger partial charge >= 0.3 is 5.97 Å². The van der Waals surface area contributed by atoms with Gasteiger partial charge in [-0.25, -0.2) is 18.2 Å². The number of aryl methyl sites for hydroxylation is 1. The van der Waals surface area contributed by atoms with Gasteiger partial charge in [0.05, 0.1) is 17.2 Å². The van der Waals surface area contributed by atoms with Gasteiger partial charge in [0.1, 0.15) is 27.0 Å². The molecule has 0 aliphatic carbocycles. The molecule has 4 rings (SSSR count). The summed E-state index contributed by atoms with van der Waals surface area (Å²) in [5, 5.41) is 13.1. The summed E-state index contributed by atoms with van der Waals surface area (Å²) in [6, 6.07) is 21.7. The van der Waals surface area contributed by atoms with Crippen molar-refractivity contribution in [3.05, 3.63) is 101 Å². The van der Waals surface area contributed by atoms with E-state index in [0.717, 1.165) is 49.9 Å². The fourth-order valence-corrected chi connectivity index (χ4v) is 7.05. The van der Waals surface area contributed by atoms with Crippen molar-refractivity contribution in [1.82, 2.24) is 10.3 Å². The maximum Gasteiger partial charge on any atom is 0.326 e. The van der Waals surface area contributed by atoms with Crippen LogP contribution in [-0.2, 0) is 26.0 Å². The van der Waals surface area contributed by atoms with Gasteiger partial charge in [0.2, 0.25) is 0 Å². The first kappa shape index (κ1) is 33.4. The van der Waals surface area contributed by atoms with Crippen molar-refractivity contribution in [3.8, 4) is 21.7 Å². The Morgan fingerprint density at radius 3 is 2.45 bits per heavy atom. The Kier molecular flexibility index (Phi) is 11.7. The Morgan fingerprint density at radius 1 is 1.05 bits per heavy atom. The van der Waals surface area contributed by atoms with E-state index >= 15 is 0 Å². The Hall–Kier alpha value is -3.51. The number of aliphatic carboxylic acids is 1. The number of nitrogens with one attached hydrogen (secondary N) is 1. The molecular weight excluding hydrogens is 617 g/mol. The van der Waals surface area contributed by atoms with Gasteiger partial charge in [-0.15, -0.1) is 11.3 Å². The van der Waals surface area contributed by atoms with Crippen LogP contribution in [0, 0.1) is 6.92 Å². The van der Waals surface area contributed by atoms with E-state index in [0.29, 0.717) is 17.7 Å². The lowest BCUT2D eigenvalue weighted by molar-refractivity contribution is -0.139. The van der Waals surface area contributed by atoms with Crippen molar-refractivity contribution >= 4 is 44.8 Å². The van der Waals surface area contributed by atoms with Crippen LogP contribution in [0.5, 0.6) is 0 Å². The van der Waals surface area contributed by atoms with E-state index in [1.807, 2.05) is 73.8 Å². The molecule has 2 N–H and O–H groups in total. The van der Waals surface area contributed by atoms with Crippen molar-refractivity contribution in [2.75, 3.05) is 23.5 Å². The van der Waals surface area contributed by atoms with E-state index < -0.39 is 27.8 Å². The van der Waals surface area contributed by atoms with Crippen LogP contribution in [0.3, 0.4) is 0 Å². The molecule has 0 saturated carbocycles. The molecule has 1 aromatic heterocycles. The van der Waals surface area contributed by atoms with Gasteiger partial charge in [0.15, 0.2) is 0 Å². The van der Waals surface area contributed by atoms with Crippen LogP contribution in [0.4, 0.5) is 0 Å². The summed E-state index contributed by atoms with van der Waals surface area (Å²) < 4.78 is 29.7. The second kappa shape index (κ2) is 15.5. The minimum Gasteiger partial charge on any atom is -0.480 e. The molecule has 0 fully saturated rings. The van der Waals surface area contributed by atoms with Gasteiger partial charge in [-0.1, -0.05) is 67.6 Å². The zero-order chi connectivity index (χ0) is 31.7. The fourth-order valence-electron chi connectivity index (χ4n) is 4.59. The number of carbonyl (C=O) groups excluding carboxylic acids is 1. The summed E-state index contributed by atoms with van der Waals surface area (Å²) in [7, 11) is -3.40. The summed E-state index contributed by atoms with van der Waals surface area (Å²) in [5.74, 6) is -0.518. The first-order valence-electron chi connectivity index (χ1n) is 14.2. The summed E-state index contributed by atoms with van der Waals surface area (Å²) in [6.07, 6.45) is 2.51. The SMILES string of the molecule is CCSC[C@@H](OCc1ccc(C(=O)N[C@@H](CCS(C)(=O)=O)C(=O)O)c(-c2ccccc2C)c1)c1cnc(-c2ccccc2)s1. The predicted molar refractivity (Wildman–Crippen MR) is 178 cm³/mol. The minimum absolute atomic E-state index is 0.175. The molecule has 4 aromatic rings. The maximum absolute atomic E-state index is 13.4. The highest BCUT2D eigenvalue weighted by Crippen LogP contribution is 2.34. The van der Waals surface area contributed by atoms with E-state index in [9.17, 15) is 23.1 Å². The maximum atomic E-state index is 13.4. The first-order valence-corrected chi connectivity index (χ1v) is 18.2. The lowest BCUT2D eigenvalue weighted by Gasteiger charge is -2.19. The van der Waals surface area contributed by atoms with Crippen molar-refractivity contribution in [2.45, 2.75) is 39.0 Å². The van der Waals surface area contributed by atoms with Gasteiger partial charge in [0.25, 0.3) is 5.91 Å². The van der Waals surface area contributed by atoms with Gasteiger partial charge in [-0.2, -0.15) is 11.8 Å². The number of thiazole rings is 1.